The minimum absolute atomic E-state index is 0.0863. The van der Waals surface area contributed by atoms with Gasteiger partial charge in [-0.2, -0.15) is 0 Å². The Balaban J connectivity index is 0.000000181. The molecule has 1 unspecified atom stereocenters. The molecule has 4 fully saturated rings. The molecule has 4 saturated heterocycles. The Morgan fingerprint density at radius 3 is 0.818 bits per heavy atom. The number of anilines is 4. The van der Waals surface area contributed by atoms with Crippen LogP contribution in [0.15, 0.2) is 92.0 Å². The third kappa shape index (κ3) is 10.6. The van der Waals surface area contributed by atoms with Crippen LogP contribution < -0.4 is 66.4 Å². The molecule has 4 aliphatic heterocycles. The van der Waals surface area contributed by atoms with Crippen LogP contribution in [0.2, 0.25) is 0 Å². The van der Waals surface area contributed by atoms with Gasteiger partial charge in [-0.05, 0) is 129 Å². The number of benzene rings is 4. The molecule has 456 valence electrons. The monoisotopic (exact) mass is 1230 g/mol. The number of nitrogens with zero attached hydrogens (tertiary/aromatic N) is 8. The van der Waals surface area contributed by atoms with Crippen molar-refractivity contribution >= 4 is 114 Å². The van der Waals surface area contributed by atoms with Gasteiger partial charge in [-0.1, -0.05) is 24.3 Å². The number of nitrogens with two attached hydrogens (primary N) is 4. The average molecular weight is 1230 g/mol. The van der Waals surface area contributed by atoms with Gasteiger partial charge in [0.25, 0.3) is 45.9 Å². The number of nitrogen functional groups attached to an aromatic ring is 4. The molecule has 12 rings (SSSR count). The molecule has 12 N–H and O–H groups in total. The first-order valence-corrected chi connectivity index (χ1v) is 24.8. The molecule has 4 aromatic carbocycles. The minimum atomic E-state index is -3.94. The maximum atomic E-state index is 13.5. The van der Waals surface area contributed by atoms with E-state index in [9.17, 15) is 57.5 Å². The Labute approximate surface area is 542 Å². The van der Waals surface area contributed by atoms with Crippen molar-refractivity contribution in [3.8, 4) is 0 Å². The molecule has 0 aliphatic carbocycles. The second-order valence-corrected chi connectivity index (χ2v) is 19.3. The van der Waals surface area contributed by atoms with Gasteiger partial charge in [-0.3, -0.25) is 97.1 Å². The fraction of sp³-hybridized carbons (Fsp3) is 0.333. The van der Waals surface area contributed by atoms with E-state index in [-0.39, 0.29) is 79.2 Å². The van der Waals surface area contributed by atoms with Crippen molar-refractivity contribution in [2.75, 3.05) is 22.9 Å². The van der Waals surface area contributed by atoms with E-state index in [1.165, 1.54) is 78.1 Å². The number of amides is 8. The standard InChI is InChI=1S/4C15H16N4O3/c4*1-8-17-10-5-3-4-9(16)12(10)13(21)19(8)15(2)7-6-11(20)18-14(15)22/h4*3-5H,6-7,16H2,1-2H3,(H,18,20,22)/t3*15-;/m110./s1/i1D3,2D3,6D2,7D2;3*1D3,6D2,7D2. The normalized spacial score (nSPS) is 32.4. The molecular formula is C60H64N16O12. The van der Waals surface area contributed by atoms with Crippen LogP contribution >= 0.6 is 0 Å². The third-order valence-electron chi connectivity index (χ3n) is 13.6. The number of aromatic nitrogens is 8. The van der Waals surface area contributed by atoms with Crippen molar-refractivity contribution in [2.24, 2.45) is 0 Å². The summed E-state index contributed by atoms with van der Waals surface area (Å²) in [6.45, 7) is -13.9. The highest BCUT2D eigenvalue weighted by Gasteiger charge is 2.46. The summed E-state index contributed by atoms with van der Waals surface area (Å²) < 4.78 is 247. The molecule has 8 aromatic rings. The van der Waals surface area contributed by atoms with E-state index in [0.717, 1.165) is 20.8 Å². The van der Waals surface area contributed by atoms with Crippen LogP contribution in [-0.4, -0.2) is 85.5 Å². The van der Waals surface area contributed by atoms with Gasteiger partial charge in [-0.15, -0.1) is 0 Å². The van der Waals surface area contributed by atoms with E-state index in [1.54, 1.807) is 16.0 Å². The smallest absolute Gasteiger partial charge is 0.264 e. The number of rotatable bonds is 4. The largest absolute Gasteiger partial charge is 0.398 e. The number of carbonyl (C=O) groups excluding carboxylic acids is 8. The van der Waals surface area contributed by atoms with Gasteiger partial charge in [0.15, 0.2) is 0 Å². The number of nitrogens with one attached hydrogen (secondary N) is 4. The number of aryl methyl sites for hydroxylation is 4. The quantitative estimate of drug-likeness (QED) is 0.0919. The summed E-state index contributed by atoms with van der Waals surface area (Å²) in [5.74, 6) is -16.6. The summed E-state index contributed by atoms with van der Waals surface area (Å²) in [4.78, 5) is 168. The predicted octanol–water partition coefficient (Wildman–Crippen LogP) is 1.76. The number of carbonyl (C=O) groups is 8. The molecule has 28 nitrogen and oxygen atoms in total. The van der Waals surface area contributed by atoms with Crippen LogP contribution in [0.25, 0.3) is 43.6 Å². The Morgan fingerprint density at radius 2 is 0.591 bits per heavy atom. The molecule has 8 heterocycles. The van der Waals surface area contributed by atoms with Crippen LogP contribution in [0.4, 0.5) is 22.7 Å². The minimum Gasteiger partial charge on any atom is -0.398 e. The molecule has 88 heavy (non-hydrogen) atoms. The highest BCUT2D eigenvalue weighted by atomic mass is 16.2. The van der Waals surface area contributed by atoms with Crippen LogP contribution in [0.5, 0.6) is 0 Å². The highest BCUT2D eigenvalue weighted by molar-refractivity contribution is 6.04. The lowest BCUT2D eigenvalue weighted by Gasteiger charge is -2.34. The molecule has 0 bridgehead atoms. The van der Waals surface area contributed by atoms with Gasteiger partial charge in [0.05, 0.1) is 43.6 Å². The van der Waals surface area contributed by atoms with Gasteiger partial charge in [0, 0.05) is 90.7 Å². The summed E-state index contributed by atoms with van der Waals surface area (Å²) in [6, 6.07) is 16.0. The molecule has 4 aromatic heterocycles. The van der Waals surface area contributed by atoms with Gasteiger partial charge in [0.1, 0.15) is 45.5 Å². The van der Waals surface area contributed by atoms with Crippen LogP contribution in [0, 0.1) is 27.4 Å². The second-order valence-electron chi connectivity index (χ2n) is 19.3. The van der Waals surface area contributed by atoms with Crippen LogP contribution in [0.3, 0.4) is 0 Å². The highest BCUT2D eigenvalue weighted by Crippen LogP contribution is 2.32. The maximum absolute atomic E-state index is 13.5. The zero-order valence-corrected chi connectivity index (χ0v) is 45.2. The number of imide groups is 4. The Kier molecular flexibility index (Phi) is 8.64. The lowest BCUT2D eigenvalue weighted by molar-refractivity contribution is -0.141. The van der Waals surface area contributed by atoms with Crippen molar-refractivity contribution in [1.82, 2.24) is 59.5 Å². The molecule has 0 spiro atoms. The van der Waals surface area contributed by atoms with Gasteiger partial charge < -0.3 is 22.9 Å². The van der Waals surface area contributed by atoms with E-state index < -0.39 is 206 Å². The maximum Gasteiger partial charge on any atom is 0.264 e. The number of hydrogen-bond donors (Lipinski definition) is 8. The summed E-state index contributed by atoms with van der Waals surface area (Å²) >= 11 is 0. The molecule has 0 radical (unpaired) electrons. The summed E-state index contributed by atoms with van der Waals surface area (Å²) in [5, 5.41) is 5.20. The molecule has 8 amide bonds. The SMILES string of the molecule is [2H]C([2H])([2H])c1nc2cccc(N)c2c(=O)n1C1(C)C(=O)NC(=O)C([2H])([2H])C1([2H])[2H].[2H]C([2H])([2H])c1nc2cccc(N)c2c(=O)n1[C@@]1(C([2H])([2H])[2H])C(=O)NC(=O)C([2H])([2H])C1([2H])[2H].[2H]C([2H])([2H])c1nc2cccc(N)c2c(=O)n1[C@@]1(C)C(=O)NC(=O)C([2H])([2H])C1([2H])[2H].[2H]C([2H])([2H])c1nc2cccc(N)c2c(=O)n1[C@]1(C)C(=O)NC(=O)C([2H])([2H])C1([2H])[2H]. The van der Waals surface area contributed by atoms with E-state index in [2.05, 4.69) is 19.9 Å². The Bertz CT molecular complexity index is 5610. The van der Waals surface area contributed by atoms with Crippen molar-refractivity contribution in [3.63, 3.8) is 0 Å². The Morgan fingerprint density at radius 1 is 0.375 bits per heavy atom. The van der Waals surface area contributed by atoms with Crippen molar-refractivity contribution < 1.29 is 80.8 Å². The zero-order chi connectivity index (χ0) is 91.1. The zero-order valence-electron chi connectivity index (χ0n) is 76.2. The van der Waals surface area contributed by atoms with Crippen LogP contribution in [-0.2, 0) is 60.5 Å². The van der Waals surface area contributed by atoms with Gasteiger partial charge in [-0.25, -0.2) is 19.9 Å². The lowest BCUT2D eigenvalue weighted by atomic mass is 9.90. The van der Waals surface area contributed by atoms with E-state index in [1.807, 2.05) is 0 Å². The number of fused-ring (bicyclic) bond motifs is 4. The van der Waals surface area contributed by atoms with Crippen molar-refractivity contribution in [1.29, 1.82) is 0 Å². The molecular weight excluding hydrogens is 1140 g/mol. The first kappa shape index (κ1) is 33.2. The van der Waals surface area contributed by atoms with Crippen LogP contribution in [0.1, 0.15) is 144 Å². The third-order valence-corrected chi connectivity index (χ3v) is 13.6. The molecule has 4 aliphatic rings. The average Bonchev–Trinajstić information content (AvgIpc) is 0.667. The first-order valence-electron chi connectivity index (χ1n) is 40.3. The van der Waals surface area contributed by atoms with Crippen molar-refractivity contribution in [2.45, 2.75) is 128 Å². The van der Waals surface area contributed by atoms with Gasteiger partial charge in [0.2, 0.25) is 23.6 Å². The molecule has 0 saturated carbocycles. The van der Waals surface area contributed by atoms with Crippen molar-refractivity contribution in [3.05, 3.63) is 138 Å². The molecule has 28 heteroatoms. The topological polar surface area (TPSA) is 428 Å². The fourth-order valence-corrected chi connectivity index (χ4v) is 9.11. The Hall–Kier alpha value is -10.8. The van der Waals surface area contributed by atoms with E-state index >= 15 is 0 Å². The summed E-state index contributed by atoms with van der Waals surface area (Å²) in [6.07, 6.45) is -27.4. The van der Waals surface area contributed by atoms with Gasteiger partial charge >= 0.3 is 0 Å². The van der Waals surface area contributed by atoms with E-state index in [0.29, 0.717) is 0 Å². The first-order chi connectivity index (χ1) is 53.6. The van der Waals surface area contributed by atoms with E-state index in [4.69, 9.17) is 65.4 Å². The second kappa shape index (κ2) is 22.9. The number of piperidine rings is 4. The lowest BCUT2D eigenvalue weighted by Crippen LogP contribution is -2.56. The molecule has 4 atom stereocenters. The number of hydrogen-bond acceptors (Lipinski definition) is 20. The summed E-state index contributed by atoms with van der Waals surface area (Å²) in [7, 11) is 0. The fourth-order valence-electron chi connectivity index (χ4n) is 9.11. The predicted molar refractivity (Wildman–Crippen MR) is 325 cm³/mol. The summed E-state index contributed by atoms with van der Waals surface area (Å²) in [5.41, 5.74) is 5.08.